The van der Waals surface area contributed by atoms with Crippen molar-refractivity contribution in [3.63, 3.8) is 0 Å². The molecule has 1 fully saturated rings. The Bertz CT molecular complexity index is 589. The zero-order chi connectivity index (χ0) is 15.5. The summed E-state index contributed by atoms with van der Waals surface area (Å²) in [7, 11) is -3.01. The van der Waals surface area contributed by atoms with Crippen molar-refractivity contribution in [1.29, 1.82) is 0 Å². The molecule has 0 aromatic heterocycles. The van der Waals surface area contributed by atoms with Crippen LogP contribution in [0.1, 0.15) is 32.6 Å². The number of nitrogens with one attached hydrogen (secondary N) is 1. The minimum absolute atomic E-state index is 0.0656. The summed E-state index contributed by atoms with van der Waals surface area (Å²) in [5.41, 5.74) is 0.662. The fraction of sp³-hybridized carbons (Fsp3) is 0.600. The summed E-state index contributed by atoms with van der Waals surface area (Å²) in [4.78, 5) is 0. The molecule has 2 atom stereocenters. The molecule has 21 heavy (non-hydrogen) atoms. The monoisotopic (exact) mass is 315 g/mol. The Morgan fingerprint density at radius 1 is 1.38 bits per heavy atom. The van der Waals surface area contributed by atoms with Gasteiger partial charge in [-0.15, -0.1) is 0 Å². The van der Waals surface area contributed by atoms with Crippen molar-refractivity contribution in [2.24, 2.45) is 0 Å². The third kappa shape index (κ3) is 4.33. The Morgan fingerprint density at radius 3 is 2.76 bits per heavy atom. The van der Waals surface area contributed by atoms with E-state index in [0.29, 0.717) is 25.1 Å². The molecule has 0 spiro atoms. The van der Waals surface area contributed by atoms with Crippen LogP contribution < -0.4 is 10.1 Å². The molecule has 0 saturated heterocycles. The lowest BCUT2D eigenvalue weighted by Crippen LogP contribution is -2.34. The van der Waals surface area contributed by atoms with E-state index in [1.807, 2.05) is 0 Å². The first-order valence-electron chi connectivity index (χ1n) is 7.28. The number of hydrogen-bond donors (Lipinski definition) is 1. The fourth-order valence-corrected chi connectivity index (χ4v) is 3.94. The fourth-order valence-electron chi connectivity index (χ4n) is 2.76. The average molecular weight is 315 g/mol. The number of ether oxygens (including phenoxy) is 1. The van der Waals surface area contributed by atoms with Crippen LogP contribution in [0.25, 0.3) is 0 Å². The molecule has 2 unspecified atom stereocenters. The maximum Gasteiger partial charge on any atom is 0.167 e. The summed E-state index contributed by atoms with van der Waals surface area (Å²) in [5, 5.41) is 2.94. The van der Waals surface area contributed by atoms with Gasteiger partial charge >= 0.3 is 0 Å². The van der Waals surface area contributed by atoms with Gasteiger partial charge in [-0.3, -0.25) is 0 Å². The molecule has 0 heterocycles. The van der Waals surface area contributed by atoms with E-state index < -0.39 is 15.7 Å². The van der Waals surface area contributed by atoms with Crippen LogP contribution in [0.2, 0.25) is 0 Å². The van der Waals surface area contributed by atoms with Crippen LogP contribution in [0.5, 0.6) is 5.75 Å². The largest absolute Gasteiger partial charge is 0.491 e. The van der Waals surface area contributed by atoms with Gasteiger partial charge in [-0.05, 0) is 38.3 Å². The van der Waals surface area contributed by atoms with Gasteiger partial charge in [-0.1, -0.05) is 6.42 Å². The van der Waals surface area contributed by atoms with Gasteiger partial charge in [-0.25, -0.2) is 12.8 Å². The Labute approximate surface area is 125 Å². The number of sulfone groups is 1. The third-order valence-electron chi connectivity index (χ3n) is 3.83. The highest BCUT2D eigenvalue weighted by Crippen LogP contribution is 2.28. The maximum absolute atomic E-state index is 13.8. The summed E-state index contributed by atoms with van der Waals surface area (Å²) < 4.78 is 42.3. The smallest absolute Gasteiger partial charge is 0.167 e. The standard InChI is InChI=1S/C15H22FNO3S/c1-3-20-15-8-7-12(10-14(15)16)17-11-5-4-6-13(9-11)21(2,18)19/h7-8,10-11,13,17H,3-6,9H2,1-2H3. The van der Waals surface area contributed by atoms with Crippen LogP contribution in [-0.2, 0) is 9.84 Å². The van der Waals surface area contributed by atoms with Crippen molar-refractivity contribution >= 4 is 15.5 Å². The zero-order valence-corrected chi connectivity index (χ0v) is 13.2. The van der Waals surface area contributed by atoms with Crippen molar-refractivity contribution in [3.05, 3.63) is 24.0 Å². The summed E-state index contributed by atoms with van der Waals surface area (Å²) in [6, 6.07) is 4.82. The van der Waals surface area contributed by atoms with Gasteiger partial charge in [-0.2, -0.15) is 0 Å². The van der Waals surface area contributed by atoms with Crippen LogP contribution in [0, 0.1) is 5.82 Å². The number of rotatable bonds is 5. The Balaban J connectivity index is 2.03. The van der Waals surface area contributed by atoms with E-state index in [4.69, 9.17) is 4.74 Å². The van der Waals surface area contributed by atoms with E-state index >= 15 is 0 Å². The first kappa shape index (κ1) is 16.1. The number of benzene rings is 1. The van der Waals surface area contributed by atoms with Crippen molar-refractivity contribution in [3.8, 4) is 5.75 Å². The molecule has 4 nitrogen and oxygen atoms in total. The number of hydrogen-bond acceptors (Lipinski definition) is 4. The molecule has 1 N–H and O–H groups in total. The quantitative estimate of drug-likeness (QED) is 0.907. The van der Waals surface area contributed by atoms with Crippen molar-refractivity contribution < 1.29 is 17.5 Å². The predicted octanol–water partition coefficient (Wildman–Crippen LogP) is 2.99. The lowest BCUT2D eigenvalue weighted by atomic mass is 9.95. The van der Waals surface area contributed by atoms with Crippen molar-refractivity contribution in [2.45, 2.75) is 43.9 Å². The predicted molar refractivity (Wildman–Crippen MR) is 82.1 cm³/mol. The molecule has 0 aliphatic heterocycles. The zero-order valence-electron chi connectivity index (χ0n) is 12.4. The average Bonchev–Trinajstić information content (AvgIpc) is 2.41. The first-order chi connectivity index (χ1) is 9.90. The van der Waals surface area contributed by atoms with Crippen molar-refractivity contribution in [1.82, 2.24) is 0 Å². The molecular weight excluding hydrogens is 293 g/mol. The highest BCUT2D eigenvalue weighted by atomic mass is 32.2. The molecule has 0 radical (unpaired) electrons. The molecule has 118 valence electrons. The van der Waals surface area contributed by atoms with E-state index in [2.05, 4.69) is 5.32 Å². The van der Waals surface area contributed by atoms with Gasteiger partial charge in [0.2, 0.25) is 0 Å². The number of anilines is 1. The molecule has 1 aliphatic carbocycles. The Morgan fingerprint density at radius 2 is 2.14 bits per heavy atom. The third-order valence-corrected chi connectivity index (χ3v) is 5.47. The molecular formula is C15H22FNO3S. The molecule has 1 aromatic carbocycles. The molecule has 2 rings (SSSR count). The van der Waals surface area contributed by atoms with E-state index in [1.54, 1.807) is 19.1 Å². The Hall–Kier alpha value is -1.30. The van der Waals surface area contributed by atoms with Crippen LogP contribution >= 0.6 is 0 Å². The molecule has 1 aliphatic rings. The lowest BCUT2D eigenvalue weighted by Gasteiger charge is -2.29. The molecule has 0 amide bonds. The van der Waals surface area contributed by atoms with Crippen LogP contribution in [0.3, 0.4) is 0 Å². The summed E-state index contributed by atoms with van der Waals surface area (Å²) >= 11 is 0. The minimum Gasteiger partial charge on any atom is -0.491 e. The molecule has 1 saturated carbocycles. The topological polar surface area (TPSA) is 55.4 Å². The van der Waals surface area contributed by atoms with Crippen molar-refractivity contribution in [2.75, 3.05) is 18.2 Å². The number of halogens is 1. The van der Waals surface area contributed by atoms with Gasteiger partial charge in [0, 0.05) is 24.1 Å². The van der Waals surface area contributed by atoms with Gasteiger partial charge in [0.25, 0.3) is 0 Å². The maximum atomic E-state index is 13.8. The highest BCUT2D eigenvalue weighted by Gasteiger charge is 2.28. The summed E-state index contributed by atoms with van der Waals surface area (Å²) in [5.74, 6) is -0.168. The minimum atomic E-state index is -3.01. The first-order valence-corrected chi connectivity index (χ1v) is 9.23. The lowest BCUT2D eigenvalue weighted by molar-refractivity contribution is 0.321. The van der Waals surface area contributed by atoms with Crippen LogP contribution in [0.4, 0.5) is 10.1 Å². The molecule has 6 heteroatoms. The van der Waals surface area contributed by atoms with E-state index in [9.17, 15) is 12.8 Å². The summed E-state index contributed by atoms with van der Waals surface area (Å²) in [6.45, 7) is 2.22. The van der Waals surface area contributed by atoms with Gasteiger partial charge < -0.3 is 10.1 Å². The second-order valence-electron chi connectivity index (χ2n) is 5.54. The van der Waals surface area contributed by atoms with Gasteiger partial charge in [0.15, 0.2) is 11.6 Å². The van der Waals surface area contributed by atoms with Gasteiger partial charge in [0.05, 0.1) is 11.9 Å². The van der Waals surface area contributed by atoms with E-state index in [-0.39, 0.29) is 17.0 Å². The second kappa shape index (κ2) is 6.64. The summed E-state index contributed by atoms with van der Waals surface area (Å²) in [6.07, 6.45) is 4.36. The Kier molecular flexibility index (Phi) is 5.08. The SMILES string of the molecule is CCOc1ccc(NC2CCCC(S(C)(=O)=O)C2)cc1F. The van der Waals surface area contributed by atoms with Crippen LogP contribution in [-0.4, -0.2) is 32.6 Å². The van der Waals surface area contributed by atoms with E-state index in [0.717, 1.165) is 12.8 Å². The normalized spacial score (nSPS) is 22.8. The molecule has 0 bridgehead atoms. The van der Waals surface area contributed by atoms with E-state index in [1.165, 1.54) is 12.3 Å². The van der Waals surface area contributed by atoms with Crippen LogP contribution in [0.15, 0.2) is 18.2 Å². The van der Waals surface area contributed by atoms with Gasteiger partial charge in [0.1, 0.15) is 9.84 Å². The highest BCUT2D eigenvalue weighted by molar-refractivity contribution is 7.91. The second-order valence-corrected chi connectivity index (χ2v) is 7.86. The molecule has 1 aromatic rings.